The first-order valence-electron chi connectivity index (χ1n) is 5.81. The quantitative estimate of drug-likeness (QED) is 0.722. The smallest absolute Gasteiger partial charge is 0.177 e. The third-order valence-electron chi connectivity index (χ3n) is 2.88. The van der Waals surface area contributed by atoms with Gasteiger partial charge in [0.1, 0.15) is 11.6 Å². The fraction of sp³-hybridized carbons (Fsp3) is 0.143. The molecule has 0 aliphatic carbocycles. The molecule has 3 aromatic rings. The number of nitrogens with one attached hydrogen (secondary N) is 1. The molecule has 2 heterocycles. The van der Waals surface area contributed by atoms with Crippen molar-refractivity contribution in [3.05, 3.63) is 53.5 Å². The molecule has 18 heavy (non-hydrogen) atoms. The third-order valence-corrected chi connectivity index (χ3v) is 2.88. The van der Waals surface area contributed by atoms with Gasteiger partial charge < -0.3 is 10.1 Å². The Hall–Kier alpha value is -2.36. The second-order valence-electron chi connectivity index (χ2n) is 4.31. The van der Waals surface area contributed by atoms with Gasteiger partial charge in [0.15, 0.2) is 5.65 Å². The van der Waals surface area contributed by atoms with Crippen LogP contribution in [0.5, 0.6) is 5.75 Å². The second kappa shape index (κ2) is 4.14. The molecule has 0 unspecified atom stereocenters. The normalized spacial score (nSPS) is 10.9. The summed E-state index contributed by atoms with van der Waals surface area (Å²) in [6.45, 7) is 1.94. The molecular formula is C14H13N3O. The zero-order chi connectivity index (χ0) is 12.5. The van der Waals surface area contributed by atoms with E-state index in [0.717, 1.165) is 28.2 Å². The van der Waals surface area contributed by atoms with Crippen molar-refractivity contribution in [3.63, 3.8) is 0 Å². The molecular weight excluding hydrogens is 226 g/mol. The number of aromatic hydroxyl groups is 1. The maximum absolute atomic E-state index is 9.73. The van der Waals surface area contributed by atoms with Crippen LogP contribution in [0, 0.1) is 6.92 Å². The van der Waals surface area contributed by atoms with Gasteiger partial charge in [-0.25, -0.2) is 9.97 Å². The van der Waals surface area contributed by atoms with Crippen LogP contribution in [-0.2, 0) is 6.42 Å². The molecule has 1 aromatic carbocycles. The maximum Gasteiger partial charge on any atom is 0.177 e. The standard InChI is InChI=1S/C14H13N3O/c1-9-6-7-11-14(15-9)17-13(16-11)8-10-4-2-3-5-12(10)18/h2-7,18H,8H2,1H3,(H,15,16,17). The topological polar surface area (TPSA) is 61.8 Å². The van der Waals surface area contributed by atoms with E-state index in [-0.39, 0.29) is 0 Å². The molecule has 0 saturated heterocycles. The highest BCUT2D eigenvalue weighted by Crippen LogP contribution is 2.19. The van der Waals surface area contributed by atoms with Crippen LogP contribution in [0.25, 0.3) is 11.2 Å². The summed E-state index contributed by atoms with van der Waals surface area (Å²) in [6, 6.07) is 11.2. The number of fused-ring (bicyclic) bond motifs is 1. The number of rotatable bonds is 2. The molecule has 0 aliphatic heterocycles. The van der Waals surface area contributed by atoms with E-state index < -0.39 is 0 Å². The van der Waals surface area contributed by atoms with Crippen molar-refractivity contribution in [3.8, 4) is 5.75 Å². The van der Waals surface area contributed by atoms with Crippen LogP contribution < -0.4 is 0 Å². The summed E-state index contributed by atoms with van der Waals surface area (Å²) in [5.41, 5.74) is 3.45. The number of nitrogens with zero attached hydrogens (tertiary/aromatic N) is 2. The molecule has 90 valence electrons. The summed E-state index contributed by atoms with van der Waals surface area (Å²) in [5, 5.41) is 9.73. The summed E-state index contributed by atoms with van der Waals surface area (Å²) in [7, 11) is 0. The van der Waals surface area contributed by atoms with Gasteiger partial charge in [-0.3, -0.25) is 0 Å². The molecule has 0 atom stereocenters. The first kappa shape index (κ1) is 10.8. The second-order valence-corrected chi connectivity index (χ2v) is 4.31. The summed E-state index contributed by atoms with van der Waals surface area (Å²) < 4.78 is 0. The van der Waals surface area contributed by atoms with Gasteiger partial charge in [-0.1, -0.05) is 18.2 Å². The van der Waals surface area contributed by atoms with E-state index in [1.165, 1.54) is 0 Å². The minimum Gasteiger partial charge on any atom is -0.508 e. The van der Waals surface area contributed by atoms with Gasteiger partial charge in [0.05, 0.1) is 5.52 Å². The van der Waals surface area contributed by atoms with E-state index in [0.29, 0.717) is 12.2 Å². The Labute approximate surface area is 104 Å². The Balaban J connectivity index is 1.98. The number of para-hydroxylation sites is 1. The van der Waals surface area contributed by atoms with Gasteiger partial charge in [-0.15, -0.1) is 0 Å². The van der Waals surface area contributed by atoms with Crippen LogP contribution in [0.15, 0.2) is 36.4 Å². The van der Waals surface area contributed by atoms with E-state index in [1.54, 1.807) is 6.07 Å². The number of imidazole rings is 1. The Bertz CT molecular complexity index is 703. The Morgan fingerprint density at radius 1 is 1.11 bits per heavy atom. The Kier molecular flexibility index (Phi) is 2.48. The van der Waals surface area contributed by atoms with E-state index in [4.69, 9.17) is 0 Å². The van der Waals surface area contributed by atoms with Crippen molar-refractivity contribution in [2.45, 2.75) is 13.3 Å². The largest absolute Gasteiger partial charge is 0.508 e. The number of benzene rings is 1. The molecule has 0 saturated carbocycles. The van der Waals surface area contributed by atoms with Crippen LogP contribution in [-0.4, -0.2) is 20.1 Å². The fourth-order valence-electron chi connectivity index (χ4n) is 1.96. The lowest BCUT2D eigenvalue weighted by molar-refractivity contribution is 0.469. The van der Waals surface area contributed by atoms with Gasteiger partial charge in [-0.05, 0) is 25.1 Å². The average molecular weight is 239 g/mol. The predicted molar refractivity (Wildman–Crippen MR) is 69.5 cm³/mol. The molecule has 0 fully saturated rings. The molecule has 4 heteroatoms. The van der Waals surface area contributed by atoms with E-state index >= 15 is 0 Å². The first-order chi connectivity index (χ1) is 8.72. The van der Waals surface area contributed by atoms with Gasteiger partial charge in [0.25, 0.3) is 0 Å². The number of phenols is 1. The van der Waals surface area contributed by atoms with Crippen LogP contribution in [0.1, 0.15) is 17.1 Å². The number of phenolic OH excluding ortho intramolecular Hbond substituents is 1. The zero-order valence-electron chi connectivity index (χ0n) is 10.0. The number of aromatic amines is 1. The van der Waals surface area contributed by atoms with Crippen LogP contribution >= 0.6 is 0 Å². The van der Waals surface area contributed by atoms with Gasteiger partial charge in [-0.2, -0.15) is 0 Å². The summed E-state index contributed by atoms with van der Waals surface area (Å²) in [6.07, 6.45) is 0.572. The number of aryl methyl sites for hydroxylation is 1. The van der Waals surface area contributed by atoms with Crippen molar-refractivity contribution in [2.75, 3.05) is 0 Å². The number of hydrogen-bond acceptors (Lipinski definition) is 3. The lowest BCUT2D eigenvalue weighted by Crippen LogP contribution is -1.90. The monoisotopic (exact) mass is 239 g/mol. The van der Waals surface area contributed by atoms with E-state index in [9.17, 15) is 5.11 Å². The molecule has 3 rings (SSSR count). The summed E-state index contributed by atoms with van der Waals surface area (Å²) >= 11 is 0. The highest BCUT2D eigenvalue weighted by molar-refractivity contribution is 5.70. The van der Waals surface area contributed by atoms with Crippen molar-refractivity contribution < 1.29 is 5.11 Å². The first-order valence-corrected chi connectivity index (χ1v) is 5.81. The van der Waals surface area contributed by atoms with Crippen LogP contribution in [0.3, 0.4) is 0 Å². The third kappa shape index (κ3) is 1.93. The average Bonchev–Trinajstić information content (AvgIpc) is 2.73. The molecule has 0 spiro atoms. The molecule has 0 bridgehead atoms. The van der Waals surface area contributed by atoms with Crippen molar-refractivity contribution in [1.29, 1.82) is 0 Å². The van der Waals surface area contributed by atoms with Crippen LogP contribution in [0.4, 0.5) is 0 Å². The van der Waals surface area contributed by atoms with Crippen molar-refractivity contribution in [1.82, 2.24) is 15.0 Å². The van der Waals surface area contributed by atoms with Crippen LogP contribution in [0.2, 0.25) is 0 Å². The highest BCUT2D eigenvalue weighted by atomic mass is 16.3. The molecule has 0 amide bonds. The van der Waals surface area contributed by atoms with Gasteiger partial charge >= 0.3 is 0 Å². The molecule has 4 nitrogen and oxygen atoms in total. The van der Waals surface area contributed by atoms with Gasteiger partial charge in [0, 0.05) is 17.7 Å². The minimum absolute atomic E-state index is 0.294. The number of aromatic nitrogens is 3. The number of hydrogen-bond donors (Lipinski definition) is 2. The number of pyridine rings is 1. The molecule has 2 aromatic heterocycles. The Morgan fingerprint density at radius 2 is 1.94 bits per heavy atom. The van der Waals surface area contributed by atoms with E-state index in [1.807, 2.05) is 37.3 Å². The lowest BCUT2D eigenvalue weighted by atomic mass is 10.1. The molecule has 0 aliphatic rings. The molecule has 2 N–H and O–H groups in total. The SMILES string of the molecule is Cc1ccc2[nH]c(Cc3ccccc3O)nc2n1. The van der Waals surface area contributed by atoms with E-state index in [2.05, 4.69) is 15.0 Å². The van der Waals surface area contributed by atoms with Crippen molar-refractivity contribution >= 4 is 11.2 Å². The Morgan fingerprint density at radius 3 is 2.78 bits per heavy atom. The predicted octanol–water partition coefficient (Wildman–Crippen LogP) is 2.56. The fourth-order valence-corrected chi connectivity index (χ4v) is 1.96. The highest BCUT2D eigenvalue weighted by Gasteiger charge is 2.07. The van der Waals surface area contributed by atoms with Gasteiger partial charge in [0.2, 0.25) is 0 Å². The molecule has 0 radical (unpaired) electrons. The van der Waals surface area contributed by atoms with Crippen molar-refractivity contribution in [2.24, 2.45) is 0 Å². The summed E-state index contributed by atoms with van der Waals surface area (Å²) in [5.74, 6) is 1.10. The lowest BCUT2D eigenvalue weighted by Gasteiger charge is -2.00. The zero-order valence-corrected chi connectivity index (χ0v) is 10.0. The number of H-pyrrole nitrogens is 1. The summed E-state index contributed by atoms with van der Waals surface area (Å²) in [4.78, 5) is 12.0. The minimum atomic E-state index is 0.294. The maximum atomic E-state index is 9.73.